The maximum atomic E-state index is 13.0. The number of nitrogens with two attached hydrogens (primary N) is 1. The Balaban J connectivity index is 1.61. The van der Waals surface area contributed by atoms with Crippen molar-refractivity contribution in [1.29, 1.82) is 0 Å². The van der Waals surface area contributed by atoms with E-state index in [2.05, 4.69) is 10.6 Å². The van der Waals surface area contributed by atoms with Gasteiger partial charge in [0.2, 0.25) is 18.1 Å². The second-order valence-corrected chi connectivity index (χ2v) is 8.89. The normalized spacial score (nSPS) is 23.4. The number of halogens is 1. The summed E-state index contributed by atoms with van der Waals surface area (Å²) in [5.41, 5.74) is 6.28. The molecule has 0 radical (unpaired) electrons. The van der Waals surface area contributed by atoms with Gasteiger partial charge < -0.3 is 30.7 Å². The molecule has 2 heterocycles. The van der Waals surface area contributed by atoms with Crippen LogP contribution >= 0.6 is 11.6 Å². The van der Waals surface area contributed by atoms with Crippen molar-refractivity contribution < 1.29 is 28.7 Å². The number of nitrogen functional groups attached to an aromatic ring is 1. The number of hydrogen-bond acceptors (Lipinski definition) is 7. The number of hydrogen-bond donors (Lipinski definition) is 3. The zero-order valence-electron chi connectivity index (χ0n) is 18.8. The summed E-state index contributed by atoms with van der Waals surface area (Å²) < 4.78 is 10.7. The molecule has 3 amide bonds. The molecule has 1 aromatic rings. The Hall–Kier alpha value is -2.85. The lowest BCUT2D eigenvalue weighted by molar-refractivity contribution is -0.173. The van der Waals surface area contributed by atoms with Crippen LogP contribution < -0.4 is 16.4 Å². The highest BCUT2D eigenvalue weighted by Gasteiger charge is 2.41. The van der Waals surface area contributed by atoms with E-state index in [9.17, 15) is 19.2 Å². The molecule has 4 N–H and O–H groups in total. The number of ether oxygens (including phenoxy) is 2. The number of rotatable bonds is 7. The molecule has 3 rings (SSSR count). The fraction of sp³-hybridized carbons (Fsp3) is 0.545. The Morgan fingerprint density at radius 1 is 1.27 bits per heavy atom. The van der Waals surface area contributed by atoms with Crippen LogP contribution in [0.1, 0.15) is 50.4 Å². The molecule has 2 aliphatic rings. The van der Waals surface area contributed by atoms with Crippen LogP contribution in [0.15, 0.2) is 18.2 Å². The number of carbonyl (C=O) groups is 4. The van der Waals surface area contributed by atoms with Gasteiger partial charge in [-0.25, -0.2) is 0 Å². The van der Waals surface area contributed by atoms with Gasteiger partial charge in [0.25, 0.3) is 5.91 Å². The van der Waals surface area contributed by atoms with Crippen LogP contribution in [0, 0.1) is 0 Å². The van der Waals surface area contributed by atoms with E-state index in [1.165, 1.54) is 23.1 Å². The van der Waals surface area contributed by atoms with Gasteiger partial charge in [0.15, 0.2) is 0 Å². The number of cyclic esters (lactones) is 1. The third kappa shape index (κ3) is 5.94. The lowest BCUT2D eigenvalue weighted by Gasteiger charge is -2.29. The first-order valence-electron chi connectivity index (χ1n) is 10.9. The first kappa shape index (κ1) is 24.8. The molecular formula is C22H29ClN4O6. The highest BCUT2D eigenvalue weighted by Crippen LogP contribution is 2.23. The third-order valence-corrected chi connectivity index (χ3v) is 5.84. The van der Waals surface area contributed by atoms with Gasteiger partial charge in [-0.05, 0) is 51.8 Å². The minimum Gasteiger partial charge on any atom is -0.433 e. The van der Waals surface area contributed by atoms with E-state index < -0.39 is 36.3 Å². The molecule has 4 atom stereocenters. The number of anilines is 1. The zero-order valence-corrected chi connectivity index (χ0v) is 19.6. The van der Waals surface area contributed by atoms with E-state index in [4.69, 9.17) is 26.8 Å². The first-order chi connectivity index (χ1) is 15.6. The fourth-order valence-electron chi connectivity index (χ4n) is 3.89. The number of nitrogens with zero attached hydrogens (tertiary/aromatic N) is 1. The summed E-state index contributed by atoms with van der Waals surface area (Å²) in [6, 6.07) is 2.25. The number of amides is 3. The molecule has 4 unspecified atom stereocenters. The summed E-state index contributed by atoms with van der Waals surface area (Å²) in [6.07, 6.45) is 0.0651. The van der Waals surface area contributed by atoms with Gasteiger partial charge in [-0.1, -0.05) is 11.6 Å². The van der Waals surface area contributed by atoms with Crippen molar-refractivity contribution in [3.63, 3.8) is 0 Å². The monoisotopic (exact) mass is 480 g/mol. The minimum atomic E-state index is -0.865. The van der Waals surface area contributed by atoms with Crippen LogP contribution in [0.25, 0.3) is 0 Å². The van der Waals surface area contributed by atoms with Crippen LogP contribution in [0.2, 0.25) is 5.02 Å². The summed E-state index contributed by atoms with van der Waals surface area (Å²) in [6.45, 7) is 5.55. The Morgan fingerprint density at radius 3 is 2.67 bits per heavy atom. The number of esters is 1. The molecule has 2 aliphatic heterocycles. The molecule has 2 fully saturated rings. The predicted octanol–water partition coefficient (Wildman–Crippen LogP) is 1.21. The highest BCUT2D eigenvalue weighted by atomic mass is 35.5. The van der Waals surface area contributed by atoms with Gasteiger partial charge in [0.05, 0.1) is 23.2 Å². The van der Waals surface area contributed by atoms with Gasteiger partial charge in [0, 0.05) is 12.1 Å². The smallest absolute Gasteiger partial charge is 0.310 e. The lowest BCUT2D eigenvalue weighted by atomic mass is 10.1. The van der Waals surface area contributed by atoms with Crippen LogP contribution in [0.4, 0.5) is 5.69 Å². The Labute approximate surface area is 197 Å². The SMILES string of the molecule is CC(C)OC1OC(=O)CC1NC(=O)C1CCCN1C(=O)C(C)NC(=O)c1ccc(N)c(Cl)c1. The summed E-state index contributed by atoms with van der Waals surface area (Å²) >= 11 is 5.97. The van der Waals surface area contributed by atoms with Crippen LogP contribution in [-0.2, 0) is 23.9 Å². The van der Waals surface area contributed by atoms with E-state index in [0.29, 0.717) is 25.1 Å². The molecule has 33 heavy (non-hydrogen) atoms. The lowest BCUT2D eigenvalue weighted by Crippen LogP contribution is -2.54. The topological polar surface area (TPSA) is 140 Å². The standard InChI is InChI=1S/C22H29ClN4O6/c1-11(2)32-22-16(10-18(28)33-22)26-20(30)17-5-4-8-27(17)21(31)12(3)25-19(29)13-6-7-15(24)14(23)9-13/h6-7,9,11-12,16-17,22H,4-5,8,10,24H2,1-3H3,(H,25,29)(H,26,30). The zero-order chi connectivity index (χ0) is 24.3. The van der Waals surface area contributed by atoms with Gasteiger partial charge in [-0.15, -0.1) is 0 Å². The number of carbonyl (C=O) groups excluding carboxylic acids is 4. The van der Waals surface area contributed by atoms with E-state index in [0.717, 1.165) is 0 Å². The molecule has 2 saturated heterocycles. The van der Waals surface area contributed by atoms with Crippen LogP contribution in [0.5, 0.6) is 0 Å². The average molecular weight is 481 g/mol. The molecule has 10 nitrogen and oxygen atoms in total. The molecule has 0 saturated carbocycles. The molecule has 0 bridgehead atoms. The van der Waals surface area contributed by atoms with Crippen molar-refractivity contribution >= 4 is 41.0 Å². The molecule has 0 spiro atoms. The van der Waals surface area contributed by atoms with Gasteiger partial charge in [-0.2, -0.15) is 0 Å². The fourth-order valence-corrected chi connectivity index (χ4v) is 4.07. The number of benzene rings is 1. The van der Waals surface area contributed by atoms with Crippen molar-refractivity contribution in [2.24, 2.45) is 0 Å². The van der Waals surface area contributed by atoms with Crippen LogP contribution in [0.3, 0.4) is 0 Å². The highest BCUT2D eigenvalue weighted by molar-refractivity contribution is 6.33. The third-order valence-electron chi connectivity index (χ3n) is 5.52. The quantitative estimate of drug-likeness (QED) is 0.393. The van der Waals surface area contributed by atoms with Crippen LogP contribution in [-0.4, -0.2) is 65.7 Å². The second-order valence-electron chi connectivity index (χ2n) is 8.48. The maximum Gasteiger partial charge on any atom is 0.310 e. The molecular weight excluding hydrogens is 452 g/mol. The largest absolute Gasteiger partial charge is 0.433 e. The number of likely N-dealkylation sites (tertiary alicyclic amines) is 1. The summed E-state index contributed by atoms with van der Waals surface area (Å²) in [7, 11) is 0. The minimum absolute atomic E-state index is 0.000400. The molecule has 11 heteroatoms. The average Bonchev–Trinajstić information content (AvgIpc) is 3.35. The van der Waals surface area contributed by atoms with Crippen molar-refractivity contribution in [3.05, 3.63) is 28.8 Å². The maximum absolute atomic E-state index is 13.0. The summed E-state index contributed by atoms with van der Waals surface area (Å²) in [5, 5.41) is 5.67. The Kier molecular flexibility index (Phi) is 7.80. The molecule has 0 aliphatic carbocycles. The van der Waals surface area contributed by atoms with Crippen molar-refractivity contribution in [1.82, 2.24) is 15.5 Å². The van der Waals surface area contributed by atoms with E-state index in [1.807, 2.05) is 0 Å². The molecule has 1 aromatic carbocycles. The predicted molar refractivity (Wildman–Crippen MR) is 120 cm³/mol. The number of nitrogens with one attached hydrogen (secondary N) is 2. The van der Waals surface area contributed by atoms with Gasteiger partial charge in [0.1, 0.15) is 18.1 Å². The summed E-state index contributed by atoms with van der Waals surface area (Å²) in [5.74, 6) is -1.70. The van der Waals surface area contributed by atoms with Crippen molar-refractivity contribution in [2.45, 2.75) is 70.6 Å². The summed E-state index contributed by atoms with van der Waals surface area (Å²) in [4.78, 5) is 51.6. The Morgan fingerprint density at radius 2 is 2.00 bits per heavy atom. The van der Waals surface area contributed by atoms with Gasteiger partial charge in [-0.3, -0.25) is 19.2 Å². The van der Waals surface area contributed by atoms with Gasteiger partial charge >= 0.3 is 5.97 Å². The second kappa shape index (κ2) is 10.4. The Bertz CT molecular complexity index is 939. The van der Waals surface area contributed by atoms with Crippen molar-refractivity contribution in [2.75, 3.05) is 12.3 Å². The van der Waals surface area contributed by atoms with E-state index in [1.54, 1.807) is 20.8 Å². The molecule has 180 valence electrons. The van der Waals surface area contributed by atoms with E-state index in [-0.39, 0.29) is 34.9 Å². The molecule has 0 aromatic heterocycles. The van der Waals surface area contributed by atoms with Crippen molar-refractivity contribution in [3.8, 4) is 0 Å². The van der Waals surface area contributed by atoms with E-state index >= 15 is 0 Å². The first-order valence-corrected chi connectivity index (χ1v) is 11.3.